The van der Waals surface area contributed by atoms with Crippen LogP contribution in [0, 0.1) is 74.9 Å². The molecule has 5 saturated carbocycles. The maximum atomic E-state index is 14.0. The molecule has 0 aromatic heterocycles. The summed E-state index contributed by atoms with van der Waals surface area (Å²) in [5.41, 5.74) is 5.01. The van der Waals surface area contributed by atoms with Crippen molar-refractivity contribution in [2.75, 3.05) is 6.54 Å². The third-order valence-corrected chi connectivity index (χ3v) is 17.9. The Hall–Kier alpha value is -2.47. The Labute approximate surface area is 320 Å². The van der Waals surface area contributed by atoms with Crippen LogP contribution in [0.25, 0.3) is 0 Å². The van der Waals surface area contributed by atoms with E-state index in [0.717, 1.165) is 51.6 Å². The second-order valence-electron chi connectivity index (χ2n) is 21.2. The Kier molecular flexibility index (Phi) is 9.55. The number of hydrogen-bond donors (Lipinski definition) is 2. The molecule has 7 rings (SSSR count). The number of ether oxygens (including phenoxy) is 1. The van der Waals surface area contributed by atoms with Gasteiger partial charge in [-0.15, -0.1) is 0 Å². The highest BCUT2D eigenvalue weighted by molar-refractivity contribution is 6.00. The summed E-state index contributed by atoms with van der Waals surface area (Å²) in [7, 11) is 0. The third-order valence-electron chi connectivity index (χ3n) is 17.9. The van der Waals surface area contributed by atoms with Gasteiger partial charge in [-0.05, 0) is 134 Å². The Morgan fingerprint density at radius 3 is 2.19 bits per heavy atom. The minimum absolute atomic E-state index is 0.0190. The second kappa shape index (κ2) is 13.1. The van der Waals surface area contributed by atoms with Gasteiger partial charge in [0.1, 0.15) is 6.10 Å². The minimum atomic E-state index is -0.813. The largest absolute Gasteiger partial charge is 0.481 e. The molecule has 10 atom stereocenters. The van der Waals surface area contributed by atoms with Gasteiger partial charge in [-0.3, -0.25) is 14.4 Å². The number of Topliss-reactive ketones (excluding diaryl/α,β-unsaturated/α-hetero) is 1. The summed E-state index contributed by atoms with van der Waals surface area (Å²) in [4.78, 5) is 39.4. The molecular weight excluding hydrogens is 659 g/mol. The van der Waals surface area contributed by atoms with Crippen molar-refractivity contribution >= 4 is 17.7 Å². The summed E-state index contributed by atoms with van der Waals surface area (Å²) >= 11 is 0. The first-order chi connectivity index (χ1) is 24.7. The van der Waals surface area contributed by atoms with E-state index < -0.39 is 17.3 Å². The number of carbonyl (C=O) groups excluding carboxylic acids is 2. The predicted molar refractivity (Wildman–Crippen MR) is 210 cm³/mol. The molecule has 292 valence electrons. The van der Waals surface area contributed by atoms with Crippen molar-refractivity contribution < 1.29 is 24.2 Å². The average molecular weight is 728 g/mol. The van der Waals surface area contributed by atoms with Crippen LogP contribution in [0.2, 0.25) is 0 Å². The van der Waals surface area contributed by atoms with Crippen molar-refractivity contribution in [1.29, 1.82) is 0 Å². The molecule has 5 fully saturated rings. The molecule has 0 amide bonds. The van der Waals surface area contributed by atoms with E-state index in [2.05, 4.69) is 85.0 Å². The molecule has 0 spiro atoms. The van der Waals surface area contributed by atoms with Crippen molar-refractivity contribution in [3.05, 3.63) is 46.5 Å². The van der Waals surface area contributed by atoms with Crippen molar-refractivity contribution in [2.45, 2.75) is 153 Å². The number of rotatable bonds is 9. The number of allylic oxidation sites excluding steroid dienone is 2. The predicted octanol–water partition coefficient (Wildman–Crippen LogP) is 10.1. The first kappa shape index (κ1) is 38.8. The van der Waals surface area contributed by atoms with E-state index in [1.165, 1.54) is 36.0 Å². The van der Waals surface area contributed by atoms with Gasteiger partial charge in [0.15, 0.2) is 5.78 Å². The van der Waals surface area contributed by atoms with Crippen LogP contribution in [-0.4, -0.2) is 35.5 Å². The van der Waals surface area contributed by atoms with Gasteiger partial charge in [0, 0.05) is 23.8 Å². The van der Waals surface area contributed by atoms with E-state index in [4.69, 9.17) is 4.74 Å². The fourth-order valence-corrected chi connectivity index (χ4v) is 14.5. The molecule has 2 N–H and O–H groups in total. The summed E-state index contributed by atoms with van der Waals surface area (Å²) in [6.45, 7) is 24.8. The van der Waals surface area contributed by atoms with Crippen LogP contribution in [0.3, 0.4) is 0 Å². The number of carboxylic acid groups (broad SMARTS) is 1. The fraction of sp³-hybridized carbons (Fsp3) is 0.766. The highest BCUT2D eigenvalue weighted by Gasteiger charge is 2.70. The monoisotopic (exact) mass is 728 g/mol. The summed E-state index contributed by atoms with van der Waals surface area (Å²) in [5, 5.41) is 13.4. The highest BCUT2D eigenvalue weighted by Crippen LogP contribution is 2.77. The zero-order valence-electron chi connectivity index (χ0n) is 34.6. The summed E-state index contributed by atoms with van der Waals surface area (Å²) in [6.07, 6.45) is 10.8. The first-order valence-corrected chi connectivity index (χ1v) is 21.2. The van der Waals surface area contributed by atoms with Crippen LogP contribution in [0.15, 0.2) is 35.4 Å². The number of aliphatic carboxylic acids is 1. The lowest BCUT2D eigenvalue weighted by Crippen LogP contribution is -2.66. The number of esters is 1. The molecule has 53 heavy (non-hydrogen) atoms. The molecule has 6 nitrogen and oxygen atoms in total. The zero-order valence-corrected chi connectivity index (χ0v) is 34.6. The Balaban J connectivity index is 1.11. The standard InChI is InChI=1S/C47H69NO5/c1-28(2)38-34(49)26-47(23-24-48-27-30-13-11-29(3)12-14-30)22-21-45(9)31(39(38)47)15-16-36-44(8)19-18-37(43(6,7)35(44)17-20-46(36,45)10)53-41(52)33-25-32(40(50)51)42(33,4)5/h11-14,28,31-33,35-37,48H,15-27H2,1-10H3,(H,50,51)/t31-,32+,33-,35+,36-,37+,44+,45-,46-,47-/m1/s1. The topological polar surface area (TPSA) is 92.7 Å². The van der Waals surface area contributed by atoms with Crippen molar-refractivity contribution in [3.63, 3.8) is 0 Å². The third kappa shape index (κ3) is 5.75. The number of carboxylic acids is 1. The van der Waals surface area contributed by atoms with E-state index in [1.54, 1.807) is 5.57 Å². The number of hydrogen-bond acceptors (Lipinski definition) is 5. The van der Waals surface area contributed by atoms with Gasteiger partial charge >= 0.3 is 11.9 Å². The molecule has 0 unspecified atom stereocenters. The summed E-state index contributed by atoms with van der Waals surface area (Å²) in [6, 6.07) is 8.81. The van der Waals surface area contributed by atoms with Gasteiger partial charge in [-0.1, -0.05) is 97.7 Å². The minimum Gasteiger partial charge on any atom is -0.481 e. The maximum absolute atomic E-state index is 14.0. The Morgan fingerprint density at radius 1 is 0.849 bits per heavy atom. The lowest BCUT2D eigenvalue weighted by Gasteiger charge is -2.72. The van der Waals surface area contributed by atoms with Crippen LogP contribution in [0.1, 0.15) is 144 Å². The molecule has 6 heteroatoms. The van der Waals surface area contributed by atoms with Crippen LogP contribution in [0.5, 0.6) is 0 Å². The van der Waals surface area contributed by atoms with E-state index in [9.17, 15) is 19.5 Å². The number of aryl methyl sites for hydroxylation is 1. The molecule has 0 saturated heterocycles. The van der Waals surface area contributed by atoms with Crippen LogP contribution in [-0.2, 0) is 25.7 Å². The Bertz CT molecular complexity index is 1670. The highest BCUT2D eigenvalue weighted by atomic mass is 16.5. The summed E-state index contributed by atoms with van der Waals surface area (Å²) < 4.78 is 6.43. The van der Waals surface area contributed by atoms with E-state index in [0.29, 0.717) is 36.4 Å². The SMILES string of the molecule is Cc1ccc(CNCC[C@@]23CC[C@]4(C)[C@H](CC[C@@H]5[C@@]6(C)CC[C@H](OC(=O)[C@H]7C[C@@H](C(=O)O)C7(C)C)C(C)(C)[C@@H]6CC[C@]54C)C2=C(C(C)C)C(=O)C3)cc1. The second-order valence-corrected chi connectivity index (χ2v) is 21.2. The molecule has 1 aromatic carbocycles. The zero-order chi connectivity index (χ0) is 38.5. The average Bonchev–Trinajstić information content (AvgIpc) is 3.37. The molecule has 0 aliphatic heterocycles. The van der Waals surface area contributed by atoms with Gasteiger partial charge in [-0.2, -0.15) is 0 Å². The molecule has 0 heterocycles. The van der Waals surface area contributed by atoms with Gasteiger partial charge in [0.2, 0.25) is 0 Å². The van der Waals surface area contributed by atoms with E-state index >= 15 is 0 Å². The first-order valence-electron chi connectivity index (χ1n) is 21.2. The molecule has 0 radical (unpaired) electrons. The fourth-order valence-electron chi connectivity index (χ4n) is 14.5. The van der Waals surface area contributed by atoms with Gasteiger partial charge in [0.25, 0.3) is 0 Å². The normalized spacial score (nSPS) is 41.2. The lowest BCUT2D eigenvalue weighted by molar-refractivity contribution is -0.236. The Morgan fingerprint density at radius 2 is 1.55 bits per heavy atom. The molecule has 1 aromatic rings. The van der Waals surface area contributed by atoms with Gasteiger partial charge in [-0.25, -0.2) is 0 Å². The molecule has 6 aliphatic carbocycles. The number of ketones is 1. The summed E-state index contributed by atoms with van der Waals surface area (Å²) in [5.74, 6) is 0.289. The van der Waals surface area contributed by atoms with Crippen LogP contribution >= 0.6 is 0 Å². The number of nitrogens with one attached hydrogen (secondary N) is 1. The van der Waals surface area contributed by atoms with E-state index in [-0.39, 0.29) is 51.0 Å². The smallest absolute Gasteiger partial charge is 0.309 e. The number of benzene rings is 1. The lowest BCUT2D eigenvalue weighted by atomic mass is 9.33. The number of carbonyl (C=O) groups is 3. The van der Waals surface area contributed by atoms with Crippen molar-refractivity contribution in [2.24, 2.45) is 68.0 Å². The van der Waals surface area contributed by atoms with E-state index in [1.807, 2.05) is 13.8 Å². The van der Waals surface area contributed by atoms with Crippen LogP contribution in [0.4, 0.5) is 0 Å². The number of fused-ring (bicyclic) bond motifs is 7. The molecular formula is C47H69NO5. The van der Waals surface area contributed by atoms with Crippen molar-refractivity contribution in [3.8, 4) is 0 Å². The molecule has 0 bridgehead atoms. The van der Waals surface area contributed by atoms with Crippen LogP contribution < -0.4 is 5.32 Å². The van der Waals surface area contributed by atoms with Crippen molar-refractivity contribution in [1.82, 2.24) is 5.32 Å². The molecule has 6 aliphatic rings. The van der Waals surface area contributed by atoms with Gasteiger partial charge < -0.3 is 15.2 Å². The quantitative estimate of drug-likeness (QED) is 0.194. The maximum Gasteiger partial charge on any atom is 0.309 e. The van der Waals surface area contributed by atoms with Gasteiger partial charge in [0.05, 0.1) is 11.8 Å².